The highest BCUT2D eigenvalue weighted by Gasteiger charge is 2.23. The molecule has 0 bridgehead atoms. The van der Waals surface area contributed by atoms with E-state index in [1.807, 2.05) is 22.9 Å². The minimum Gasteiger partial charge on any atom is -0.481 e. The Morgan fingerprint density at radius 3 is 3.25 bits per heavy atom. The molecule has 1 atom stereocenters. The van der Waals surface area contributed by atoms with Crippen LogP contribution in [-0.4, -0.2) is 56.1 Å². The summed E-state index contributed by atoms with van der Waals surface area (Å²) < 4.78 is 7.33. The lowest BCUT2D eigenvalue weighted by Crippen LogP contribution is -2.42. The van der Waals surface area contributed by atoms with E-state index in [1.54, 1.807) is 6.20 Å². The lowest BCUT2D eigenvalue weighted by atomic mass is 10.2. The normalized spacial score (nSPS) is 20.3. The predicted molar refractivity (Wildman–Crippen MR) is 70.3 cm³/mol. The van der Waals surface area contributed by atoms with Crippen LogP contribution in [0.1, 0.15) is 12.1 Å². The quantitative estimate of drug-likeness (QED) is 0.871. The van der Waals surface area contributed by atoms with E-state index in [2.05, 4.69) is 14.9 Å². The molecule has 0 amide bonds. The molecule has 0 aliphatic carbocycles. The lowest BCUT2D eigenvalue weighted by Gasteiger charge is -2.31. The van der Waals surface area contributed by atoms with Crippen LogP contribution in [0, 0.1) is 0 Å². The third kappa shape index (κ3) is 2.94. The number of carboxylic acids is 1. The molecule has 1 saturated heterocycles. The molecule has 20 heavy (non-hydrogen) atoms. The number of aromatic nitrogens is 3. The monoisotopic (exact) mass is 276 g/mol. The van der Waals surface area contributed by atoms with Crippen molar-refractivity contribution in [1.29, 1.82) is 0 Å². The Bertz CT molecular complexity index is 579. The summed E-state index contributed by atoms with van der Waals surface area (Å²) in [4.78, 5) is 21.5. The second kappa shape index (κ2) is 5.56. The molecule has 3 heterocycles. The van der Waals surface area contributed by atoms with Crippen LogP contribution < -0.4 is 0 Å². The zero-order valence-electron chi connectivity index (χ0n) is 11.0. The topological polar surface area (TPSA) is 80.0 Å². The van der Waals surface area contributed by atoms with Crippen molar-refractivity contribution in [2.45, 2.75) is 19.1 Å². The van der Waals surface area contributed by atoms with Crippen LogP contribution in [0.25, 0.3) is 5.78 Å². The maximum Gasteiger partial charge on any atom is 0.306 e. The van der Waals surface area contributed by atoms with Crippen LogP contribution in [0.3, 0.4) is 0 Å². The summed E-state index contributed by atoms with van der Waals surface area (Å²) in [5.74, 6) is -0.147. The van der Waals surface area contributed by atoms with Gasteiger partial charge in [-0.05, 0) is 6.07 Å². The summed E-state index contributed by atoms with van der Waals surface area (Å²) >= 11 is 0. The fourth-order valence-corrected chi connectivity index (χ4v) is 2.43. The Hall–Kier alpha value is -1.99. The molecule has 7 nitrogen and oxygen atoms in total. The number of hydrogen-bond acceptors (Lipinski definition) is 5. The first-order valence-electron chi connectivity index (χ1n) is 6.55. The fourth-order valence-electron chi connectivity index (χ4n) is 2.43. The third-order valence-corrected chi connectivity index (χ3v) is 3.30. The number of hydrogen-bond donors (Lipinski definition) is 1. The van der Waals surface area contributed by atoms with Crippen LogP contribution in [0.5, 0.6) is 0 Å². The van der Waals surface area contributed by atoms with E-state index < -0.39 is 5.97 Å². The Morgan fingerprint density at radius 1 is 1.55 bits per heavy atom. The molecule has 0 radical (unpaired) electrons. The summed E-state index contributed by atoms with van der Waals surface area (Å²) in [5, 5.41) is 8.81. The standard InChI is InChI=1S/C13H16N4O3/c18-12(19)6-11-9-16(4-5-20-11)7-10-8-17-3-1-2-14-13(17)15-10/h1-3,8,11H,4-7,9H2,(H,18,19). The molecular formula is C13H16N4O3. The smallest absolute Gasteiger partial charge is 0.306 e. The predicted octanol–water partition coefficient (Wildman–Crippen LogP) is 0.405. The van der Waals surface area contributed by atoms with Gasteiger partial charge < -0.3 is 9.84 Å². The fraction of sp³-hybridized carbons (Fsp3) is 0.462. The van der Waals surface area contributed by atoms with Crippen molar-refractivity contribution < 1.29 is 14.6 Å². The number of morpholine rings is 1. The zero-order valence-corrected chi connectivity index (χ0v) is 11.0. The molecule has 0 saturated carbocycles. The second-order valence-electron chi connectivity index (χ2n) is 4.88. The van der Waals surface area contributed by atoms with Gasteiger partial charge in [0.1, 0.15) is 0 Å². The number of fused-ring (bicyclic) bond motifs is 1. The molecule has 2 aromatic rings. The minimum absolute atomic E-state index is 0.0449. The van der Waals surface area contributed by atoms with Crippen molar-refractivity contribution in [2.75, 3.05) is 19.7 Å². The maximum atomic E-state index is 10.7. The summed E-state index contributed by atoms with van der Waals surface area (Å²) in [6, 6.07) is 1.86. The molecular weight excluding hydrogens is 260 g/mol. The summed E-state index contributed by atoms with van der Waals surface area (Å²) in [5.41, 5.74) is 0.930. The van der Waals surface area contributed by atoms with Crippen LogP contribution in [0.2, 0.25) is 0 Å². The molecule has 7 heteroatoms. The zero-order chi connectivity index (χ0) is 13.9. The van der Waals surface area contributed by atoms with Crippen LogP contribution in [-0.2, 0) is 16.1 Å². The van der Waals surface area contributed by atoms with E-state index in [1.165, 1.54) is 0 Å². The first-order valence-corrected chi connectivity index (χ1v) is 6.55. The molecule has 2 aromatic heterocycles. The Balaban J connectivity index is 1.66. The molecule has 1 fully saturated rings. The largest absolute Gasteiger partial charge is 0.481 e. The van der Waals surface area contributed by atoms with Gasteiger partial charge in [0, 0.05) is 38.2 Å². The van der Waals surface area contributed by atoms with E-state index in [0.29, 0.717) is 25.5 Å². The molecule has 0 spiro atoms. The number of ether oxygens (including phenoxy) is 1. The Kier molecular flexibility index (Phi) is 3.62. The molecule has 1 aliphatic rings. The highest BCUT2D eigenvalue weighted by atomic mass is 16.5. The van der Waals surface area contributed by atoms with Crippen molar-refractivity contribution in [3.63, 3.8) is 0 Å². The maximum absolute atomic E-state index is 10.7. The van der Waals surface area contributed by atoms with Crippen LogP contribution in [0.4, 0.5) is 0 Å². The van der Waals surface area contributed by atoms with Gasteiger partial charge in [-0.3, -0.25) is 14.1 Å². The van der Waals surface area contributed by atoms with E-state index >= 15 is 0 Å². The van der Waals surface area contributed by atoms with Gasteiger partial charge in [0.25, 0.3) is 0 Å². The average Bonchev–Trinajstić information content (AvgIpc) is 2.80. The van der Waals surface area contributed by atoms with E-state index in [4.69, 9.17) is 9.84 Å². The average molecular weight is 276 g/mol. The molecule has 0 aromatic carbocycles. The third-order valence-electron chi connectivity index (χ3n) is 3.30. The molecule has 1 N–H and O–H groups in total. The van der Waals surface area contributed by atoms with Crippen molar-refractivity contribution >= 4 is 11.7 Å². The summed E-state index contributed by atoms with van der Waals surface area (Å²) in [7, 11) is 0. The number of nitrogens with zero attached hydrogens (tertiary/aromatic N) is 4. The van der Waals surface area contributed by atoms with Gasteiger partial charge in [-0.25, -0.2) is 9.97 Å². The van der Waals surface area contributed by atoms with Crippen molar-refractivity contribution in [1.82, 2.24) is 19.3 Å². The van der Waals surface area contributed by atoms with E-state index in [9.17, 15) is 4.79 Å². The van der Waals surface area contributed by atoms with E-state index in [0.717, 1.165) is 12.2 Å². The first-order chi connectivity index (χ1) is 9.70. The van der Waals surface area contributed by atoms with E-state index in [-0.39, 0.29) is 12.5 Å². The number of carbonyl (C=O) groups is 1. The number of aliphatic carboxylic acids is 1. The van der Waals surface area contributed by atoms with Gasteiger partial charge in [-0.1, -0.05) is 0 Å². The van der Waals surface area contributed by atoms with Crippen molar-refractivity contribution in [2.24, 2.45) is 0 Å². The SMILES string of the molecule is O=C(O)CC1CN(Cc2cn3cccnc3n2)CCO1. The number of rotatable bonds is 4. The first kappa shape index (κ1) is 13.0. The Morgan fingerprint density at radius 2 is 2.45 bits per heavy atom. The highest BCUT2D eigenvalue weighted by Crippen LogP contribution is 2.12. The molecule has 1 aliphatic heterocycles. The number of carboxylic acid groups (broad SMARTS) is 1. The molecule has 3 rings (SSSR count). The minimum atomic E-state index is -0.825. The van der Waals surface area contributed by atoms with Gasteiger partial charge >= 0.3 is 5.97 Å². The summed E-state index contributed by atoms with van der Waals surface area (Å²) in [6.07, 6.45) is 5.37. The van der Waals surface area contributed by atoms with Gasteiger partial charge in [0.15, 0.2) is 0 Å². The Labute approximate surface area is 115 Å². The van der Waals surface area contributed by atoms with Gasteiger partial charge in [-0.15, -0.1) is 0 Å². The van der Waals surface area contributed by atoms with Gasteiger partial charge in [0.2, 0.25) is 5.78 Å². The second-order valence-corrected chi connectivity index (χ2v) is 4.88. The molecule has 1 unspecified atom stereocenters. The van der Waals surface area contributed by atoms with Crippen LogP contribution >= 0.6 is 0 Å². The lowest BCUT2D eigenvalue weighted by molar-refractivity contribution is -0.142. The van der Waals surface area contributed by atoms with Crippen molar-refractivity contribution in [3.8, 4) is 0 Å². The van der Waals surface area contributed by atoms with Gasteiger partial charge in [-0.2, -0.15) is 0 Å². The van der Waals surface area contributed by atoms with Crippen molar-refractivity contribution in [3.05, 3.63) is 30.4 Å². The van der Waals surface area contributed by atoms with Gasteiger partial charge in [0.05, 0.1) is 24.8 Å². The highest BCUT2D eigenvalue weighted by molar-refractivity contribution is 5.67. The van der Waals surface area contributed by atoms with Crippen LogP contribution in [0.15, 0.2) is 24.7 Å². The summed E-state index contributed by atoms with van der Waals surface area (Å²) in [6.45, 7) is 2.65. The number of imidazole rings is 1. The molecule has 106 valence electrons.